The van der Waals surface area contributed by atoms with Gasteiger partial charge in [0.1, 0.15) is 16.9 Å². The van der Waals surface area contributed by atoms with Gasteiger partial charge in [0.05, 0.1) is 5.69 Å². The van der Waals surface area contributed by atoms with Crippen molar-refractivity contribution in [3.05, 3.63) is 47.5 Å². The minimum atomic E-state index is -1.29. The number of carbonyl (C=O) groups excluding carboxylic acids is 1. The first kappa shape index (κ1) is 14.2. The molecule has 2 rings (SSSR count). The summed E-state index contributed by atoms with van der Waals surface area (Å²) in [5.41, 5.74) is 11.0. The van der Waals surface area contributed by atoms with Crippen molar-refractivity contribution in [2.45, 2.75) is 0 Å². The molecule has 0 radical (unpaired) electrons. The molecule has 0 aliphatic carbocycles. The van der Waals surface area contributed by atoms with E-state index in [9.17, 15) is 14.7 Å². The first-order valence-corrected chi connectivity index (χ1v) is 5.82. The number of aromatic hydroxyl groups is 1. The third-order valence-electron chi connectivity index (χ3n) is 2.71. The van der Waals surface area contributed by atoms with E-state index in [1.807, 2.05) is 0 Å². The Balaban J connectivity index is 2.38. The fraction of sp³-hybridized carbons (Fsp3) is 0. The second-order valence-corrected chi connectivity index (χ2v) is 4.20. The Hall–Kier alpha value is -3.22. The molecule has 0 spiro atoms. The molecular weight excluding hydrogens is 276 g/mol. The van der Waals surface area contributed by atoms with Gasteiger partial charge in [-0.05, 0) is 24.3 Å². The number of anilines is 2. The van der Waals surface area contributed by atoms with Gasteiger partial charge in [0.15, 0.2) is 5.75 Å². The highest BCUT2D eigenvalue weighted by molar-refractivity contribution is 5.98. The van der Waals surface area contributed by atoms with E-state index in [4.69, 9.17) is 21.3 Å². The maximum absolute atomic E-state index is 12.0. The fourth-order valence-electron chi connectivity index (χ4n) is 1.71. The van der Waals surface area contributed by atoms with Crippen LogP contribution in [0.15, 0.2) is 36.4 Å². The van der Waals surface area contributed by atoms with Crippen molar-refractivity contribution >= 4 is 23.3 Å². The van der Waals surface area contributed by atoms with Gasteiger partial charge in [0.2, 0.25) is 0 Å². The van der Waals surface area contributed by atoms with Crippen molar-refractivity contribution in [3.8, 4) is 11.5 Å². The fourth-order valence-corrected chi connectivity index (χ4v) is 1.71. The maximum atomic E-state index is 12.0. The monoisotopic (exact) mass is 288 g/mol. The van der Waals surface area contributed by atoms with E-state index in [0.717, 1.165) is 0 Å². The number of carbonyl (C=O) groups is 2. The third kappa shape index (κ3) is 2.86. The largest absolute Gasteiger partial charge is 0.507 e. The Labute approximate surface area is 119 Å². The second-order valence-electron chi connectivity index (χ2n) is 4.20. The van der Waals surface area contributed by atoms with Crippen molar-refractivity contribution in [2.75, 3.05) is 11.5 Å². The number of phenols is 1. The molecule has 7 nitrogen and oxygen atoms in total. The van der Waals surface area contributed by atoms with Gasteiger partial charge in [-0.15, -0.1) is 0 Å². The van der Waals surface area contributed by atoms with Crippen LogP contribution in [0.3, 0.4) is 0 Å². The summed E-state index contributed by atoms with van der Waals surface area (Å²) in [5, 5.41) is 18.7. The minimum absolute atomic E-state index is 0.00168. The van der Waals surface area contributed by atoms with E-state index in [1.54, 1.807) is 0 Å². The predicted molar refractivity (Wildman–Crippen MR) is 75.3 cm³/mol. The van der Waals surface area contributed by atoms with Gasteiger partial charge in [-0.1, -0.05) is 6.07 Å². The Kier molecular flexibility index (Phi) is 3.66. The number of rotatable bonds is 3. The molecule has 0 aliphatic rings. The first-order valence-electron chi connectivity index (χ1n) is 5.82. The Bertz CT molecular complexity index is 727. The van der Waals surface area contributed by atoms with E-state index >= 15 is 0 Å². The molecule has 0 bridgehead atoms. The van der Waals surface area contributed by atoms with Crippen molar-refractivity contribution in [1.29, 1.82) is 0 Å². The van der Waals surface area contributed by atoms with E-state index in [1.165, 1.54) is 36.4 Å². The Morgan fingerprint density at radius 1 is 1.05 bits per heavy atom. The molecular formula is C14H12N2O5. The van der Waals surface area contributed by atoms with Crippen molar-refractivity contribution in [1.82, 2.24) is 0 Å². The number of hydrogen-bond donors (Lipinski definition) is 4. The number of ether oxygens (including phenoxy) is 1. The number of para-hydroxylation sites is 1. The summed E-state index contributed by atoms with van der Waals surface area (Å²) in [6, 6.07) is 7.94. The standard InChI is InChI=1S/C14H12N2O5/c15-7-4-5-8(11(17)6-7)14(20)21-12-9(13(18)19)2-1-3-10(12)16/h1-6,17H,15-16H2,(H,18,19). The Morgan fingerprint density at radius 3 is 2.38 bits per heavy atom. The number of carboxylic acid groups (broad SMARTS) is 1. The summed E-state index contributed by atoms with van der Waals surface area (Å²) < 4.78 is 5.00. The summed E-state index contributed by atoms with van der Waals surface area (Å²) in [6.45, 7) is 0. The summed E-state index contributed by atoms with van der Waals surface area (Å²) in [6.07, 6.45) is 0. The highest BCUT2D eigenvalue weighted by atomic mass is 16.5. The van der Waals surface area contributed by atoms with Crippen LogP contribution in [0.4, 0.5) is 11.4 Å². The zero-order valence-electron chi connectivity index (χ0n) is 10.7. The molecule has 0 fully saturated rings. The number of nitrogen functional groups attached to an aromatic ring is 2. The molecule has 6 N–H and O–H groups in total. The molecule has 0 amide bonds. The van der Waals surface area contributed by atoms with Crippen molar-refractivity contribution < 1.29 is 24.5 Å². The van der Waals surface area contributed by atoms with Crippen LogP contribution in [0.1, 0.15) is 20.7 Å². The SMILES string of the molecule is Nc1ccc(C(=O)Oc2c(N)cccc2C(=O)O)c(O)c1. The topological polar surface area (TPSA) is 136 Å². The molecule has 0 aromatic heterocycles. The first-order chi connectivity index (χ1) is 9.90. The summed E-state index contributed by atoms with van der Waals surface area (Å²) in [4.78, 5) is 23.1. The lowest BCUT2D eigenvalue weighted by molar-refractivity contribution is 0.0681. The van der Waals surface area contributed by atoms with Gasteiger partial charge < -0.3 is 26.4 Å². The number of phenolic OH excluding ortho intramolecular Hbond substituents is 1. The maximum Gasteiger partial charge on any atom is 0.347 e. The number of carboxylic acids is 1. The smallest absolute Gasteiger partial charge is 0.347 e. The molecule has 2 aromatic carbocycles. The van der Waals surface area contributed by atoms with Crippen LogP contribution in [-0.4, -0.2) is 22.2 Å². The van der Waals surface area contributed by atoms with Crippen molar-refractivity contribution in [3.63, 3.8) is 0 Å². The molecule has 0 aliphatic heterocycles. The molecule has 0 saturated carbocycles. The molecule has 2 aromatic rings. The van der Waals surface area contributed by atoms with Crippen molar-refractivity contribution in [2.24, 2.45) is 0 Å². The summed E-state index contributed by atoms with van der Waals surface area (Å²) >= 11 is 0. The molecule has 108 valence electrons. The summed E-state index contributed by atoms with van der Waals surface area (Å²) in [7, 11) is 0. The zero-order chi connectivity index (χ0) is 15.6. The normalized spacial score (nSPS) is 10.1. The summed E-state index contributed by atoms with van der Waals surface area (Å²) in [5.74, 6) is -2.86. The predicted octanol–water partition coefficient (Wildman–Crippen LogP) is 1.47. The number of aromatic carboxylic acids is 1. The van der Waals surface area contributed by atoms with E-state index in [0.29, 0.717) is 0 Å². The lowest BCUT2D eigenvalue weighted by atomic mass is 10.1. The van der Waals surface area contributed by atoms with Crippen LogP contribution in [0, 0.1) is 0 Å². The minimum Gasteiger partial charge on any atom is -0.507 e. The second kappa shape index (κ2) is 5.41. The average molecular weight is 288 g/mol. The highest BCUT2D eigenvalue weighted by Crippen LogP contribution is 2.29. The quantitative estimate of drug-likeness (QED) is 0.381. The lowest BCUT2D eigenvalue weighted by Crippen LogP contribution is -2.13. The molecule has 0 atom stereocenters. The number of hydrogen-bond acceptors (Lipinski definition) is 6. The van der Waals surface area contributed by atoms with Crippen LogP contribution in [-0.2, 0) is 0 Å². The van der Waals surface area contributed by atoms with Gasteiger partial charge in [-0.25, -0.2) is 9.59 Å². The molecule has 0 saturated heterocycles. The Morgan fingerprint density at radius 2 is 1.76 bits per heavy atom. The van der Waals surface area contributed by atoms with Gasteiger partial charge in [0.25, 0.3) is 0 Å². The third-order valence-corrected chi connectivity index (χ3v) is 2.71. The molecule has 21 heavy (non-hydrogen) atoms. The highest BCUT2D eigenvalue weighted by Gasteiger charge is 2.20. The van der Waals surface area contributed by atoms with E-state index < -0.39 is 11.9 Å². The zero-order valence-corrected chi connectivity index (χ0v) is 10.7. The van der Waals surface area contributed by atoms with Gasteiger partial charge >= 0.3 is 11.9 Å². The molecule has 7 heteroatoms. The number of esters is 1. The van der Waals surface area contributed by atoms with E-state index in [2.05, 4.69) is 0 Å². The van der Waals surface area contributed by atoms with Gasteiger partial charge in [0, 0.05) is 11.8 Å². The number of benzene rings is 2. The van der Waals surface area contributed by atoms with Crippen LogP contribution in [0.2, 0.25) is 0 Å². The van der Waals surface area contributed by atoms with Gasteiger partial charge in [-0.3, -0.25) is 0 Å². The number of nitrogens with two attached hydrogens (primary N) is 2. The van der Waals surface area contributed by atoms with Gasteiger partial charge in [-0.2, -0.15) is 0 Å². The molecule has 0 unspecified atom stereocenters. The molecule has 0 heterocycles. The average Bonchev–Trinajstić information content (AvgIpc) is 2.40. The lowest BCUT2D eigenvalue weighted by Gasteiger charge is -2.11. The van der Waals surface area contributed by atoms with Crippen LogP contribution in [0.25, 0.3) is 0 Å². The van der Waals surface area contributed by atoms with E-state index in [-0.39, 0.29) is 34.0 Å². The van der Waals surface area contributed by atoms with Crippen LogP contribution >= 0.6 is 0 Å². The van der Waals surface area contributed by atoms with Crippen LogP contribution in [0.5, 0.6) is 11.5 Å². The van der Waals surface area contributed by atoms with Crippen LogP contribution < -0.4 is 16.2 Å².